The number of fused-ring (bicyclic) bond motifs is 3. The second-order valence-electron chi connectivity index (χ2n) is 8.37. The number of nitrogens with zero attached hydrogens (tertiary/aromatic N) is 7. The van der Waals surface area contributed by atoms with Gasteiger partial charge < -0.3 is 4.42 Å². The zero-order chi connectivity index (χ0) is 22.4. The fourth-order valence-electron chi connectivity index (χ4n) is 4.73. The van der Waals surface area contributed by atoms with Crippen molar-refractivity contribution in [3.8, 4) is 11.6 Å². The maximum atomic E-state index is 12.7. The molecule has 1 aliphatic carbocycles. The molecule has 1 fully saturated rings. The number of hydrogen-bond acceptors (Lipinski definition) is 7. The molecule has 1 aromatic carbocycles. The van der Waals surface area contributed by atoms with Gasteiger partial charge in [0.1, 0.15) is 5.82 Å². The van der Waals surface area contributed by atoms with Crippen LogP contribution in [-0.4, -0.2) is 33.9 Å². The Morgan fingerprint density at radius 3 is 2.70 bits per heavy atom. The first kappa shape index (κ1) is 20.2. The largest absolute Gasteiger partial charge is 0.461 e. The number of hydrogen-bond donors (Lipinski definition) is 0. The van der Waals surface area contributed by atoms with Gasteiger partial charge in [0.25, 0.3) is 5.56 Å². The number of aryl methyl sites for hydroxylation is 1. The molecule has 0 atom stereocenters. The second kappa shape index (κ2) is 8.18. The summed E-state index contributed by atoms with van der Waals surface area (Å²) in [5, 5.41) is 19.2. The lowest BCUT2D eigenvalue weighted by Gasteiger charge is -2.25. The Hall–Kier alpha value is -3.40. The minimum atomic E-state index is -0.0789. The summed E-state index contributed by atoms with van der Waals surface area (Å²) in [6.45, 7) is 0. The number of rotatable bonds is 5. The van der Waals surface area contributed by atoms with E-state index in [0.717, 1.165) is 40.9 Å². The van der Waals surface area contributed by atoms with Gasteiger partial charge in [0.05, 0.1) is 22.9 Å². The van der Waals surface area contributed by atoms with Gasteiger partial charge in [-0.1, -0.05) is 43.2 Å². The average molecular weight is 462 g/mol. The fraction of sp³-hybridized carbons (Fsp3) is 0.348. The van der Waals surface area contributed by atoms with E-state index in [4.69, 9.17) is 4.42 Å². The molecule has 33 heavy (non-hydrogen) atoms. The van der Waals surface area contributed by atoms with Gasteiger partial charge in [-0.25, -0.2) is 0 Å². The number of para-hydroxylation sites is 1. The van der Waals surface area contributed by atoms with Crippen LogP contribution < -0.4 is 5.56 Å². The second-order valence-corrected chi connectivity index (χ2v) is 9.31. The standard InChI is InChI=1S/C23H23N7O2S/c1-28-21(31)16-10-5-6-11-17(16)30-19(24-26-22(28)30)14-33-23-27-25-20(18-12-7-13-32-18)29(23)15-8-3-2-4-9-15/h5-7,10-13,15H,2-4,8-9,14H2,1H3. The Labute approximate surface area is 193 Å². The lowest BCUT2D eigenvalue weighted by atomic mass is 9.95. The average Bonchev–Trinajstić information content (AvgIpc) is 3.61. The minimum Gasteiger partial charge on any atom is -0.461 e. The summed E-state index contributed by atoms with van der Waals surface area (Å²) in [6, 6.07) is 11.7. The molecule has 9 nitrogen and oxygen atoms in total. The Bertz CT molecular complexity index is 1490. The molecule has 0 N–H and O–H groups in total. The van der Waals surface area contributed by atoms with Gasteiger partial charge in [-0.15, -0.1) is 20.4 Å². The smallest absolute Gasteiger partial charge is 0.262 e. The van der Waals surface area contributed by atoms with Crippen LogP contribution in [0.15, 0.2) is 57.0 Å². The SMILES string of the molecule is Cn1c(=O)c2ccccc2n2c(CSc3nnc(-c4ccco4)n3C3CCCCC3)nnc12. The first-order valence-corrected chi connectivity index (χ1v) is 12.1. The summed E-state index contributed by atoms with van der Waals surface area (Å²) >= 11 is 1.59. The third-order valence-corrected chi connectivity index (χ3v) is 7.31. The Morgan fingerprint density at radius 2 is 1.88 bits per heavy atom. The van der Waals surface area contributed by atoms with Crippen molar-refractivity contribution in [2.75, 3.05) is 0 Å². The van der Waals surface area contributed by atoms with Crippen molar-refractivity contribution in [2.45, 2.75) is 49.1 Å². The van der Waals surface area contributed by atoms with E-state index in [0.29, 0.717) is 23.0 Å². The van der Waals surface area contributed by atoms with E-state index in [9.17, 15) is 4.79 Å². The molecular formula is C23H23N7O2S. The normalized spacial score (nSPS) is 15.1. The van der Waals surface area contributed by atoms with Gasteiger partial charge in [-0.05, 0) is 37.1 Å². The van der Waals surface area contributed by atoms with E-state index >= 15 is 0 Å². The molecule has 0 unspecified atom stereocenters. The Balaban J connectivity index is 1.40. The van der Waals surface area contributed by atoms with Crippen LogP contribution >= 0.6 is 11.8 Å². The van der Waals surface area contributed by atoms with E-state index in [1.807, 2.05) is 40.8 Å². The molecule has 0 bridgehead atoms. The van der Waals surface area contributed by atoms with E-state index < -0.39 is 0 Å². The monoisotopic (exact) mass is 461 g/mol. The van der Waals surface area contributed by atoms with Crippen LogP contribution in [0.25, 0.3) is 28.3 Å². The fourth-order valence-corrected chi connectivity index (χ4v) is 5.65. The summed E-state index contributed by atoms with van der Waals surface area (Å²) < 4.78 is 11.4. The highest BCUT2D eigenvalue weighted by molar-refractivity contribution is 7.98. The molecule has 168 valence electrons. The van der Waals surface area contributed by atoms with Crippen LogP contribution in [0.5, 0.6) is 0 Å². The van der Waals surface area contributed by atoms with Crippen molar-refractivity contribution in [1.29, 1.82) is 0 Å². The topological polar surface area (TPSA) is 96.0 Å². The number of furan rings is 1. The minimum absolute atomic E-state index is 0.0789. The third kappa shape index (κ3) is 3.36. The van der Waals surface area contributed by atoms with Crippen LogP contribution in [0.2, 0.25) is 0 Å². The summed E-state index contributed by atoms with van der Waals surface area (Å²) in [4.78, 5) is 12.7. The van der Waals surface area contributed by atoms with Gasteiger partial charge in [0.2, 0.25) is 11.6 Å². The van der Waals surface area contributed by atoms with E-state index in [1.54, 1.807) is 29.6 Å². The molecule has 0 radical (unpaired) electrons. The molecular weight excluding hydrogens is 438 g/mol. The first-order valence-electron chi connectivity index (χ1n) is 11.2. The van der Waals surface area contributed by atoms with E-state index in [1.165, 1.54) is 19.3 Å². The highest BCUT2D eigenvalue weighted by Gasteiger charge is 2.25. The number of benzene rings is 1. The van der Waals surface area contributed by atoms with Crippen molar-refractivity contribution in [3.63, 3.8) is 0 Å². The highest BCUT2D eigenvalue weighted by Crippen LogP contribution is 2.36. The van der Waals surface area contributed by atoms with Gasteiger partial charge in [0.15, 0.2) is 10.9 Å². The molecule has 4 heterocycles. The van der Waals surface area contributed by atoms with Crippen molar-refractivity contribution in [1.82, 2.24) is 33.9 Å². The highest BCUT2D eigenvalue weighted by atomic mass is 32.2. The van der Waals surface area contributed by atoms with Crippen molar-refractivity contribution in [3.05, 3.63) is 58.8 Å². The molecule has 0 spiro atoms. The van der Waals surface area contributed by atoms with Gasteiger partial charge in [-0.2, -0.15) is 0 Å². The van der Waals surface area contributed by atoms with Crippen molar-refractivity contribution >= 4 is 28.4 Å². The summed E-state index contributed by atoms with van der Waals surface area (Å²) in [7, 11) is 1.73. The molecule has 5 aromatic rings. The zero-order valence-corrected chi connectivity index (χ0v) is 19.0. The quantitative estimate of drug-likeness (QED) is 0.361. The Morgan fingerprint density at radius 1 is 1.03 bits per heavy atom. The number of thioether (sulfide) groups is 1. The lowest BCUT2D eigenvalue weighted by molar-refractivity contribution is 0.337. The first-order chi connectivity index (χ1) is 16.2. The maximum Gasteiger partial charge on any atom is 0.262 e. The zero-order valence-electron chi connectivity index (χ0n) is 18.2. The molecule has 10 heteroatoms. The van der Waals surface area contributed by atoms with Crippen LogP contribution in [0.3, 0.4) is 0 Å². The van der Waals surface area contributed by atoms with Crippen molar-refractivity contribution < 1.29 is 4.42 Å². The molecule has 6 rings (SSSR count). The Kier molecular flexibility index (Phi) is 5.01. The van der Waals surface area contributed by atoms with Crippen LogP contribution in [0.1, 0.15) is 44.0 Å². The van der Waals surface area contributed by atoms with E-state index in [-0.39, 0.29) is 5.56 Å². The molecule has 0 aliphatic heterocycles. The predicted octanol–water partition coefficient (Wildman–Crippen LogP) is 4.23. The third-order valence-electron chi connectivity index (χ3n) is 6.37. The summed E-state index contributed by atoms with van der Waals surface area (Å²) in [6.07, 6.45) is 7.58. The van der Waals surface area contributed by atoms with Gasteiger partial charge in [0, 0.05) is 13.1 Å². The van der Waals surface area contributed by atoms with Crippen LogP contribution in [0, 0.1) is 0 Å². The molecule has 1 saturated carbocycles. The molecule has 1 aliphatic rings. The molecule has 0 saturated heterocycles. The van der Waals surface area contributed by atoms with E-state index in [2.05, 4.69) is 25.0 Å². The number of aromatic nitrogens is 7. The van der Waals surface area contributed by atoms with Crippen LogP contribution in [-0.2, 0) is 12.8 Å². The van der Waals surface area contributed by atoms with Gasteiger partial charge >= 0.3 is 0 Å². The molecule has 4 aromatic heterocycles. The van der Waals surface area contributed by atoms with Crippen molar-refractivity contribution in [2.24, 2.45) is 7.05 Å². The predicted molar refractivity (Wildman–Crippen MR) is 125 cm³/mol. The van der Waals surface area contributed by atoms with Crippen LogP contribution in [0.4, 0.5) is 0 Å². The van der Waals surface area contributed by atoms with Gasteiger partial charge in [-0.3, -0.25) is 18.3 Å². The maximum absolute atomic E-state index is 12.7. The molecule has 0 amide bonds. The lowest BCUT2D eigenvalue weighted by Crippen LogP contribution is -2.20. The summed E-state index contributed by atoms with van der Waals surface area (Å²) in [5.74, 6) is 3.34. The summed E-state index contributed by atoms with van der Waals surface area (Å²) in [5.41, 5.74) is 0.728.